The van der Waals surface area contributed by atoms with Crippen molar-refractivity contribution in [1.82, 2.24) is 15.3 Å². The molecule has 1 aromatic carbocycles. The number of rotatable bonds is 9. The van der Waals surface area contributed by atoms with Crippen LogP contribution in [0.4, 0.5) is 5.95 Å². The molecule has 2 N–H and O–H groups in total. The van der Waals surface area contributed by atoms with Crippen LogP contribution in [0.5, 0.6) is 0 Å². The first kappa shape index (κ1) is 20.3. The average Bonchev–Trinajstić information content (AvgIpc) is 2.75. The molecule has 0 unspecified atom stereocenters. The van der Waals surface area contributed by atoms with Gasteiger partial charge in [-0.25, -0.2) is 9.97 Å². The van der Waals surface area contributed by atoms with E-state index < -0.39 is 0 Å². The van der Waals surface area contributed by atoms with Crippen molar-refractivity contribution < 1.29 is 4.79 Å². The standard InChI is InChI=1S/C23H32N4O/c1-2-3-4-8-14-24-22(28)19-11-9-10-18(15-19)20-16-25-23(26-17-20)27-21-12-6-5-7-13-21/h9-11,15-17,21H,2-8,12-14H2,1H3,(H,24,28)(H,25,26,27). The fourth-order valence-electron chi connectivity index (χ4n) is 3.68. The summed E-state index contributed by atoms with van der Waals surface area (Å²) in [5, 5.41) is 6.45. The molecule has 1 saturated carbocycles. The van der Waals surface area contributed by atoms with Gasteiger partial charge in [-0.05, 0) is 37.0 Å². The van der Waals surface area contributed by atoms with Crippen molar-refractivity contribution in [2.45, 2.75) is 70.8 Å². The third-order valence-electron chi connectivity index (χ3n) is 5.36. The molecule has 1 aromatic heterocycles. The second-order valence-electron chi connectivity index (χ2n) is 7.67. The number of nitrogens with one attached hydrogen (secondary N) is 2. The van der Waals surface area contributed by atoms with Gasteiger partial charge >= 0.3 is 0 Å². The molecule has 0 radical (unpaired) electrons. The van der Waals surface area contributed by atoms with Gasteiger partial charge in [0, 0.05) is 36.1 Å². The minimum Gasteiger partial charge on any atom is -0.352 e. The summed E-state index contributed by atoms with van der Waals surface area (Å²) in [6.45, 7) is 2.92. The van der Waals surface area contributed by atoms with Gasteiger partial charge in [-0.1, -0.05) is 57.6 Å². The molecule has 0 saturated heterocycles. The van der Waals surface area contributed by atoms with Crippen LogP contribution in [0, 0.1) is 0 Å². The molecule has 1 fully saturated rings. The maximum atomic E-state index is 12.4. The predicted molar refractivity (Wildman–Crippen MR) is 114 cm³/mol. The zero-order valence-corrected chi connectivity index (χ0v) is 16.9. The van der Waals surface area contributed by atoms with Crippen LogP contribution in [0.25, 0.3) is 11.1 Å². The van der Waals surface area contributed by atoms with Crippen molar-refractivity contribution >= 4 is 11.9 Å². The molecule has 0 atom stereocenters. The summed E-state index contributed by atoms with van der Waals surface area (Å²) in [5.41, 5.74) is 2.56. The molecule has 0 bridgehead atoms. The van der Waals surface area contributed by atoms with Gasteiger partial charge in [0.05, 0.1) is 0 Å². The maximum absolute atomic E-state index is 12.4. The Morgan fingerprint density at radius 3 is 2.57 bits per heavy atom. The highest BCUT2D eigenvalue weighted by Crippen LogP contribution is 2.22. The maximum Gasteiger partial charge on any atom is 0.251 e. The predicted octanol–water partition coefficient (Wildman–Crippen LogP) is 5.20. The SMILES string of the molecule is CCCCCCNC(=O)c1cccc(-c2cnc(NC3CCCCC3)nc2)c1. The van der Waals surface area contributed by atoms with Gasteiger partial charge in [-0.3, -0.25) is 4.79 Å². The Morgan fingerprint density at radius 1 is 1.04 bits per heavy atom. The molecule has 28 heavy (non-hydrogen) atoms. The van der Waals surface area contributed by atoms with Gasteiger partial charge in [0.25, 0.3) is 5.91 Å². The van der Waals surface area contributed by atoms with E-state index in [1.165, 1.54) is 44.9 Å². The van der Waals surface area contributed by atoms with Crippen LogP contribution >= 0.6 is 0 Å². The zero-order valence-electron chi connectivity index (χ0n) is 16.9. The number of anilines is 1. The number of amides is 1. The van der Waals surface area contributed by atoms with Gasteiger partial charge in [0.1, 0.15) is 0 Å². The molecular weight excluding hydrogens is 348 g/mol. The van der Waals surface area contributed by atoms with E-state index in [2.05, 4.69) is 27.5 Å². The number of benzene rings is 1. The lowest BCUT2D eigenvalue weighted by Gasteiger charge is -2.22. The van der Waals surface area contributed by atoms with Crippen molar-refractivity contribution in [3.63, 3.8) is 0 Å². The average molecular weight is 381 g/mol. The second-order valence-corrected chi connectivity index (χ2v) is 7.67. The number of carbonyl (C=O) groups is 1. The van der Waals surface area contributed by atoms with E-state index in [0.29, 0.717) is 17.6 Å². The smallest absolute Gasteiger partial charge is 0.251 e. The topological polar surface area (TPSA) is 66.9 Å². The Balaban J connectivity index is 1.57. The summed E-state index contributed by atoms with van der Waals surface area (Å²) in [4.78, 5) is 21.3. The molecule has 5 heteroatoms. The van der Waals surface area contributed by atoms with Gasteiger partial charge in [-0.2, -0.15) is 0 Å². The summed E-state index contributed by atoms with van der Waals surface area (Å²) in [5.74, 6) is 0.673. The highest BCUT2D eigenvalue weighted by molar-refractivity contribution is 5.95. The van der Waals surface area contributed by atoms with Crippen LogP contribution in [0.2, 0.25) is 0 Å². The summed E-state index contributed by atoms with van der Waals surface area (Å²) < 4.78 is 0. The normalized spacial score (nSPS) is 14.6. The van der Waals surface area contributed by atoms with E-state index in [1.54, 1.807) is 0 Å². The van der Waals surface area contributed by atoms with Crippen LogP contribution in [-0.2, 0) is 0 Å². The summed E-state index contributed by atoms with van der Waals surface area (Å²) in [6.07, 6.45) is 14.6. The molecule has 150 valence electrons. The van der Waals surface area contributed by atoms with Gasteiger partial charge in [0.2, 0.25) is 5.95 Å². The first-order chi connectivity index (χ1) is 13.8. The Kier molecular flexibility index (Phi) is 7.82. The number of unbranched alkanes of at least 4 members (excludes halogenated alkanes) is 3. The van der Waals surface area contributed by atoms with Crippen LogP contribution in [0.1, 0.15) is 75.1 Å². The summed E-state index contributed by atoms with van der Waals surface area (Å²) >= 11 is 0. The molecule has 2 aromatic rings. The van der Waals surface area contributed by atoms with E-state index in [0.717, 1.165) is 30.5 Å². The lowest BCUT2D eigenvalue weighted by atomic mass is 9.96. The molecule has 1 aliphatic carbocycles. The quantitative estimate of drug-likeness (QED) is 0.587. The minimum absolute atomic E-state index is 0.0187. The third kappa shape index (κ3) is 6.04. The van der Waals surface area contributed by atoms with Crippen molar-refractivity contribution in [2.75, 3.05) is 11.9 Å². The molecule has 3 rings (SSSR count). The van der Waals surface area contributed by atoms with Crippen LogP contribution in [0.15, 0.2) is 36.7 Å². The third-order valence-corrected chi connectivity index (χ3v) is 5.36. The highest BCUT2D eigenvalue weighted by atomic mass is 16.1. The van der Waals surface area contributed by atoms with E-state index in [-0.39, 0.29) is 5.91 Å². The Labute approximate surface area is 168 Å². The van der Waals surface area contributed by atoms with Gasteiger partial charge < -0.3 is 10.6 Å². The highest BCUT2D eigenvalue weighted by Gasteiger charge is 2.14. The monoisotopic (exact) mass is 380 g/mol. The number of carbonyl (C=O) groups excluding carboxylic acids is 1. The number of hydrogen-bond acceptors (Lipinski definition) is 4. The van der Waals surface area contributed by atoms with Crippen LogP contribution in [0.3, 0.4) is 0 Å². The van der Waals surface area contributed by atoms with E-state index in [1.807, 2.05) is 36.7 Å². The largest absolute Gasteiger partial charge is 0.352 e. The van der Waals surface area contributed by atoms with Gasteiger partial charge in [0.15, 0.2) is 0 Å². The molecule has 5 nitrogen and oxygen atoms in total. The van der Waals surface area contributed by atoms with E-state index in [4.69, 9.17) is 0 Å². The van der Waals surface area contributed by atoms with Crippen molar-refractivity contribution in [2.24, 2.45) is 0 Å². The van der Waals surface area contributed by atoms with Crippen molar-refractivity contribution in [1.29, 1.82) is 0 Å². The first-order valence-corrected chi connectivity index (χ1v) is 10.7. The lowest BCUT2D eigenvalue weighted by molar-refractivity contribution is 0.0953. The van der Waals surface area contributed by atoms with Crippen LogP contribution in [-0.4, -0.2) is 28.5 Å². The minimum atomic E-state index is -0.0187. The van der Waals surface area contributed by atoms with E-state index >= 15 is 0 Å². The van der Waals surface area contributed by atoms with Gasteiger partial charge in [-0.15, -0.1) is 0 Å². The summed E-state index contributed by atoms with van der Waals surface area (Å²) in [6, 6.07) is 8.16. The van der Waals surface area contributed by atoms with Crippen molar-refractivity contribution in [3.05, 3.63) is 42.2 Å². The van der Waals surface area contributed by atoms with E-state index in [9.17, 15) is 4.79 Å². The number of nitrogens with zero attached hydrogens (tertiary/aromatic N) is 2. The molecule has 1 aliphatic rings. The second kappa shape index (κ2) is 10.8. The number of aromatic nitrogens is 2. The first-order valence-electron chi connectivity index (χ1n) is 10.7. The molecule has 1 heterocycles. The lowest BCUT2D eigenvalue weighted by Crippen LogP contribution is -2.24. The van der Waals surface area contributed by atoms with Crippen molar-refractivity contribution in [3.8, 4) is 11.1 Å². The Morgan fingerprint density at radius 2 is 1.82 bits per heavy atom. The number of hydrogen-bond donors (Lipinski definition) is 2. The van der Waals surface area contributed by atoms with Crippen LogP contribution < -0.4 is 10.6 Å². The fraction of sp³-hybridized carbons (Fsp3) is 0.522. The molecular formula is C23H32N4O. The Hall–Kier alpha value is -2.43. The fourth-order valence-corrected chi connectivity index (χ4v) is 3.68. The molecule has 0 aliphatic heterocycles. The zero-order chi connectivity index (χ0) is 19.6. The Bertz CT molecular complexity index is 739. The molecule has 1 amide bonds. The molecule has 0 spiro atoms. The summed E-state index contributed by atoms with van der Waals surface area (Å²) in [7, 11) is 0.